The molecule has 108 valence electrons. The van der Waals surface area contributed by atoms with Crippen LogP contribution in [0.4, 0.5) is 18.9 Å². The zero-order chi connectivity index (χ0) is 15.1. The number of hydrogen-bond donors (Lipinski definition) is 2. The van der Waals surface area contributed by atoms with Crippen LogP contribution in [0, 0.1) is 0 Å². The van der Waals surface area contributed by atoms with Crippen molar-refractivity contribution in [3.05, 3.63) is 29.8 Å². The number of carbonyl (C=O) groups is 1. The molecule has 1 rings (SSSR count). The van der Waals surface area contributed by atoms with Crippen molar-refractivity contribution in [2.75, 3.05) is 5.43 Å². The van der Waals surface area contributed by atoms with E-state index in [-0.39, 0.29) is 5.60 Å². The quantitative estimate of drug-likeness (QED) is 0.496. The van der Waals surface area contributed by atoms with Gasteiger partial charge >= 0.3 is 6.18 Å². The van der Waals surface area contributed by atoms with Gasteiger partial charge in [0.15, 0.2) is 0 Å². The van der Waals surface area contributed by atoms with Gasteiger partial charge in [-0.1, -0.05) is 0 Å². The van der Waals surface area contributed by atoms with E-state index in [1.54, 1.807) is 0 Å². The zero-order valence-electron chi connectivity index (χ0n) is 10.9. The largest absolute Gasteiger partial charge is 0.462 e. The highest BCUT2D eigenvalue weighted by Gasteiger charge is 2.29. The number of anilines is 1. The Labute approximate surface area is 109 Å². The molecule has 0 fully saturated rings. The normalized spacial score (nSPS) is 11.1. The molecule has 0 unspecified atom stereocenters. The van der Waals surface area contributed by atoms with E-state index in [0.717, 1.165) is 12.1 Å². The molecule has 0 heterocycles. The molecule has 1 aromatic carbocycles. The van der Waals surface area contributed by atoms with Gasteiger partial charge in [0.1, 0.15) is 5.60 Å². The van der Waals surface area contributed by atoms with Crippen LogP contribution in [0.25, 0.3) is 0 Å². The Morgan fingerprint density at radius 2 is 1.63 bits per heavy atom. The van der Waals surface area contributed by atoms with Gasteiger partial charge in [0.25, 0.3) is 6.47 Å². The van der Waals surface area contributed by atoms with Crippen molar-refractivity contribution in [1.29, 1.82) is 0 Å². The molecule has 0 saturated heterocycles. The van der Waals surface area contributed by atoms with Crippen molar-refractivity contribution >= 4 is 12.2 Å². The molecule has 0 aromatic heterocycles. The lowest BCUT2D eigenvalue weighted by Crippen LogP contribution is -2.17. The summed E-state index contributed by atoms with van der Waals surface area (Å²) in [6.45, 7) is 5.92. The monoisotopic (exact) mass is 278 g/mol. The first-order chi connectivity index (χ1) is 8.60. The maximum atomic E-state index is 12.0. The minimum atomic E-state index is -4.28. The number of benzene rings is 1. The van der Waals surface area contributed by atoms with Crippen LogP contribution < -0.4 is 11.3 Å². The Morgan fingerprint density at radius 3 is 1.84 bits per heavy atom. The predicted octanol–water partition coefficient (Wildman–Crippen LogP) is 2.95. The Kier molecular flexibility index (Phi) is 6.34. The van der Waals surface area contributed by atoms with Crippen LogP contribution in [0.1, 0.15) is 26.3 Å². The van der Waals surface area contributed by atoms with Gasteiger partial charge in [0.05, 0.1) is 5.56 Å². The Bertz CT molecular complexity index is 383. The number of nitrogen functional groups attached to an aromatic ring is 1. The van der Waals surface area contributed by atoms with Crippen LogP contribution in [0.15, 0.2) is 24.3 Å². The van der Waals surface area contributed by atoms with Crippen LogP contribution >= 0.6 is 0 Å². The lowest BCUT2D eigenvalue weighted by molar-refractivity contribution is -0.139. The van der Waals surface area contributed by atoms with Crippen molar-refractivity contribution in [2.45, 2.75) is 32.5 Å². The van der Waals surface area contributed by atoms with Gasteiger partial charge in [-0.15, -0.1) is 0 Å². The smallest absolute Gasteiger partial charge is 0.416 e. The fourth-order valence-corrected chi connectivity index (χ4v) is 0.900. The summed E-state index contributed by atoms with van der Waals surface area (Å²) in [5, 5.41) is 0. The first kappa shape index (κ1) is 17.2. The molecule has 0 bridgehead atoms. The fraction of sp³-hybridized carbons (Fsp3) is 0.417. The number of rotatable bonds is 2. The number of nitrogens with one attached hydrogen (secondary N) is 1. The summed E-state index contributed by atoms with van der Waals surface area (Å²) in [6.07, 6.45) is -4.28. The topological polar surface area (TPSA) is 64.3 Å². The van der Waals surface area contributed by atoms with Gasteiger partial charge < -0.3 is 10.2 Å². The highest BCUT2D eigenvalue weighted by Crippen LogP contribution is 2.29. The van der Waals surface area contributed by atoms with Crippen molar-refractivity contribution in [1.82, 2.24) is 0 Å². The molecule has 19 heavy (non-hydrogen) atoms. The molecule has 0 aliphatic rings. The third-order valence-corrected chi connectivity index (χ3v) is 1.78. The van der Waals surface area contributed by atoms with E-state index in [2.05, 4.69) is 10.2 Å². The molecule has 0 aliphatic carbocycles. The van der Waals surface area contributed by atoms with Gasteiger partial charge in [-0.05, 0) is 45.0 Å². The molecule has 0 radical (unpaired) electrons. The molecule has 0 saturated carbocycles. The molecular formula is C12H17F3N2O2. The second kappa shape index (κ2) is 6.98. The molecule has 1 aromatic rings. The standard InChI is InChI=1S/C7H7F3N2.C5H10O2/c8-7(9,10)5-1-3-6(12-11)4-2-5;1-5(2,3)7-4-6/h1-4,12H,11H2;4H,1-3H3. The Balaban J connectivity index is 0.000000399. The second-order valence-electron chi connectivity index (χ2n) is 4.55. The van der Waals surface area contributed by atoms with Crippen LogP contribution in [0.5, 0.6) is 0 Å². The summed E-state index contributed by atoms with van der Waals surface area (Å²) < 4.78 is 40.5. The summed E-state index contributed by atoms with van der Waals surface area (Å²) in [4.78, 5) is 9.60. The third-order valence-electron chi connectivity index (χ3n) is 1.78. The molecule has 3 N–H and O–H groups in total. The molecule has 0 aliphatic heterocycles. The summed E-state index contributed by atoms with van der Waals surface area (Å²) in [5.74, 6) is 4.98. The summed E-state index contributed by atoms with van der Waals surface area (Å²) in [6, 6.07) is 4.47. The van der Waals surface area contributed by atoms with Crippen LogP contribution in [0.3, 0.4) is 0 Å². The average Bonchev–Trinajstić information content (AvgIpc) is 2.27. The van der Waals surface area contributed by atoms with Gasteiger partial charge in [-0.3, -0.25) is 10.6 Å². The summed E-state index contributed by atoms with van der Waals surface area (Å²) in [5.41, 5.74) is 1.69. The fourth-order valence-electron chi connectivity index (χ4n) is 0.900. The van der Waals surface area contributed by atoms with Crippen molar-refractivity contribution in [2.24, 2.45) is 5.84 Å². The zero-order valence-corrected chi connectivity index (χ0v) is 10.9. The third kappa shape index (κ3) is 8.04. The number of carbonyl (C=O) groups excluding carboxylic acids is 1. The number of halogens is 3. The average molecular weight is 278 g/mol. The molecule has 4 nitrogen and oxygen atoms in total. The number of hydrogen-bond acceptors (Lipinski definition) is 4. The van der Waals surface area contributed by atoms with Gasteiger partial charge in [-0.2, -0.15) is 13.2 Å². The van der Waals surface area contributed by atoms with Crippen molar-refractivity contribution in [3.8, 4) is 0 Å². The van der Waals surface area contributed by atoms with Gasteiger partial charge in [-0.25, -0.2) is 0 Å². The van der Waals surface area contributed by atoms with Crippen LogP contribution in [0.2, 0.25) is 0 Å². The maximum Gasteiger partial charge on any atom is 0.416 e. The maximum absolute atomic E-state index is 12.0. The van der Waals surface area contributed by atoms with E-state index >= 15 is 0 Å². The van der Waals surface area contributed by atoms with Crippen LogP contribution in [-0.4, -0.2) is 12.1 Å². The molecular weight excluding hydrogens is 261 g/mol. The molecule has 0 amide bonds. The first-order valence-corrected chi connectivity index (χ1v) is 5.35. The lowest BCUT2D eigenvalue weighted by Gasteiger charge is -2.14. The summed E-state index contributed by atoms with van der Waals surface area (Å²) >= 11 is 0. The highest BCUT2D eigenvalue weighted by molar-refractivity contribution is 5.43. The second-order valence-corrected chi connectivity index (χ2v) is 4.55. The molecule has 7 heteroatoms. The van der Waals surface area contributed by atoms with Gasteiger partial charge in [0, 0.05) is 5.69 Å². The van der Waals surface area contributed by atoms with Gasteiger partial charge in [0.2, 0.25) is 0 Å². The number of ether oxygens (including phenoxy) is 1. The number of hydrazine groups is 1. The first-order valence-electron chi connectivity index (χ1n) is 5.35. The van der Waals surface area contributed by atoms with E-state index in [4.69, 9.17) is 5.84 Å². The number of alkyl halides is 3. The van der Waals surface area contributed by atoms with Crippen molar-refractivity contribution in [3.63, 3.8) is 0 Å². The van der Waals surface area contributed by atoms with Crippen molar-refractivity contribution < 1.29 is 22.7 Å². The highest BCUT2D eigenvalue weighted by atomic mass is 19.4. The lowest BCUT2D eigenvalue weighted by atomic mass is 10.2. The Morgan fingerprint density at radius 1 is 1.16 bits per heavy atom. The SMILES string of the molecule is CC(C)(C)OC=O.NNc1ccc(C(F)(F)F)cc1. The number of nitrogens with two attached hydrogens (primary N) is 1. The Hall–Kier alpha value is -1.76. The minimum Gasteiger partial charge on any atom is -0.462 e. The summed E-state index contributed by atoms with van der Waals surface area (Å²) in [7, 11) is 0. The minimum absolute atomic E-state index is 0.318. The predicted molar refractivity (Wildman–Crippen MR) is 66.2 cm³/mol. The molecule has 0 spiro atoms. The van der Waals surface area contributed by atoms with E-state index in [0.29, 0.717) is 12.2 Å². The molecule has 0 atom stereocenters. The van der Waals surface area contributed by atoms with Crippen LogP contribution in [-0.2, 0) is 15.7 Å². The van der Waals surface area contributed by atoms with E-state index in [1.165, 1.54) is 12.1 Å². The van der Waals surface area contributed by atoms with E-state index < -0.39 is 11.7 Å². The van der Waals surface area contributed by atoms with E-state index in [9.17, 15) is 18.0 Å². The van der Waals surface area contributed by atoms with E-state index in [1.807, 2.05) is 20.8 Å².